The van der Waals surface area contributed by atoms with Gasteiger partial charge in [0.25, 0.3) is 6.43 Å². The van der Waals surface area contributed by atoms with Gasteiger partial charge in [0.1, 0.15) is 5.69 Å². The molecule has 0 bridgehead atoms. The number of pyridine rings is 1. The van der Waals surface area contributed by atoms with E-state index in [0.29, 0.717) is 0 Å². The summed E-state index contributed by atoms with van der Waals surface area (Å²) in [6.45, 7) is 0. The van der Waals surface area contributed by atoms with Gasteiger partial charge in [0.15, 0.2) is 0 Å². The van der Waals surface area contributed by atoms with Crippen LogP contribution in [0.3, 0.4) is 0 Å². The monoisotopic (exact) mass is 197 g/mol. The van der Waals surface area contributed by atoms with E-state index < -0.39 is 12.1 Å². The highest BCUT2D eigenvalue weighted by Gasteiger charge is 2.14. The van der Waals surface area contributed by atoms with Gasteiger partial charge in [0.05, 0.1) is 10.0 Å². The second kappa shape index (κ2) is 3.32. The Morgan fingerprint density at radius 1 is 1.36 bits per heavy atom. The average Bonchev–Trinajstić information content (AvgIpc) is 1.94. The van der Waals surface area contributed by atoms with Gasteiger partial charge in [-0.1, -0.05) is 23.2 Å². The predicted octanol–water partition coefficient (Wildman–Crippen LogP) is 3.33. The Bertz CT molecular complexity index is 265. The van der Waals surface area contributed by atoms with Gasteiger partial charge < -0.3 is 0 Å². The van der Waals surface area contributed by atoms with Gasteiger partial charge in [-0.05, 0) is 6.07 Å². The van der Waals surface area contributed by atoms with E-state index in [9.17, 15) is 8.78 Å². The van der Waals surface area contributed by atoms with Crippen LogP contribution in [-0.2, 0) is 0 Å². The Balaban J connectivity index is 3.17. The summed E-state index contributed by atoms with van der Waals surface area (Å²) in [6.07, 6.45) is -1.49. The highest BCUT2D eigenvalue weighted by molar-refractivity contribution is 6.42. The Morgan fingerprint density at radius 2 is 2.00 bits per heavy atom. The summed E-state index contributed by atoms with van der Waals surface area (Å²) < 4.78 is 24.0. The molecule has 0 saturated carbocycles. The Hall–Kier alpha value is -0.410. The smallest absolute Gasteiger partial charge is 0.254 e. The lowest BCUT2D eigenvalue weighted by Crippen LogP contribution is -1.90. The van der Waals surface area contributed by atoms with Crippen molar-refractivity contribution in [3.05, 3.63) is 28.0 Å². The van der Waals surface area contributed by atoms with Crippen molar-refractivity contribution >= 4 is 23.2 Å². The molecule has 1 nitrogen and oxygen atoms in total. The van der Waals surface area contributed by atoms with Crippen LogP contribution in [0.4, 0.5) is 8.78 Å². The molecule has 0 radical (unpaired) electrons. The largest absolute Gasteiger partial charge is 0.281 e. The van der Waals surface area contributed by atoms with Crippen LogP contribution >= 0.6 is 23.2 Å². The molecule has 0 atom stereocenters. The zero-order chi connectivity index (χ0) is 8.43. The average molecular weight is 198 g/mol. The van der Waals surface area contributed by atoms with Gasteiger partial charge in [-0.2, -0.15) is 0 Å². The third-order valence-corrected chi connectivity index (χ3v) is 1.88. The van der Waals surface area contributed by atoms with Crippen LogP contribution in [0.15, 0.2) is 12.3 Å². The number of hydrogen-bond donors (Lipinski definition) is 0. The Labute approximate surface area is 72.0 Å². The molecule has 0 unspecified atom stereocenters. The second-order valence-corrected chi connectivity index (χ2v) is 2.58. The maximum Gasteiger partial charge on any atom is 0.281 e. The van der Waals surface area contributed by atoms with Crippen molar-refractivity contribution in [1.82, 2.24) is 4.98 Å². The van der Waals surface area contributed by atoms with E-state index in [1.165, 1.54) is 12.3 Å². The summed E-state index contributed by atoms with van der Waals surface area (Å²) in [5, 5.41) is -0.0823. The Kier molecular flexibility index (Phi) is 2.62. The normalized spacial score (nSPS) is 10.6. The highest BCUT2D eigenvalue weighted by Crippen LogP contribution is 2.29. The second-order valence-electron chi connectivity index (χ2n) is 1.79. The van der Waals surface area contributed by atoms with Crippen molar-refractivity contribution in [2.45, 2.75) is 6.43 Å². The van der Waals surface area contributed by atoms with E-state index in [1.54, 1.807) is 0 Å². The number of rotatable bonds is 1. The predicted molar refractivity (Wildman–Crippen MR) is 39.2 cm³/mol. The van der Waals surface area contributed by atoms with Gasteiger partial charge in [0.2, 0.25) is 0 Å². The molecule has 0 saturated heterocycles. The Morgan fingerprint density at radius 3 is 2.45 bits per heavy atom. The molecule has 1 rings (SSSR count). The summed E-state index contributed by atoms with van der Waals surface area (Å²) >= 11 is 10.9. The molecule has 0 N–H and O–H groups in total. The third-order valence-electron chi connectivity index (χ3n) is 1.08. The summed E-state index contributed by atoms with van der Waals surface area (Å²) in [5.41, 5.74) is -0.473. The first kappa shape index (κ1) is 8.68. The van der Waals surface area contributed by atoms with Crippen LogP contribution in [0.25, 0.3) is 0 Å². The molecular weight excluding hydrogens is 195 g/mol. The van der Waals surface area contributed by atoms with Gasteiger partial charge in [-0.15, -0.1) is 0 Å². The lowest BCUT2D eigenvalue weighted by molar-refractivity contribution is 0.146. The number of alkyl halides is 2. The van der Waals surface area contributed by atoms with Crippen LogP contribution < -0.4 is 0 Å². The van der Waals surface area contributed by atoms with Crippen molar-refractivity contribution in [2.24, 2.45) is 0 Å². The molecule has 0 aliphatic rings. The summed E-state index contributed by atoms with van der Waals surface area (Å²) in [6, 6.07) is 1.36. The molecule has 5 heteroatoms. The molecule has 0 fully saturated rings. The molecule has 1 aromatic rings. The van der Waals surface area contributed by atoms with Gasteiger partial charge in [0, 0.05) is 6.20 Å². The van der Waals surface area contributed by atoms with Crippen molar-refractivity contribution in [2.75, 3.05) is 0 Å². The van der Waals surface area contributed by atoms with Gasteiger partial charge in [-0.25, -0.2) is 8.78 Å². The highest BCUT2D eigenvalue weighted by atomic mass is 35.5. The summed E-state index contributed by atoms with van der Waals surface area (Å²) in [7, 11) is 0. The molecule has 1 aromatic heterocycles. The minimum atomic E-state index is -2.68. The van der Waals surface area contributed by atoms with Crippen molar-refractivity contribution < 1.29 is 8.78 Å². The van der Waals surface area contributed by atoms with E-state index in [2.05, 4.69) is 4.98 Å². The molecule has 0 amide bonds. The van der Waals surface area contributed by atoms with Crippen LogP contribution in [-0.4, -0.2) is 4.98 Å². The standard InChI is InChI=1S/C6H3Cl2F2N/c7-3-1-2-11-5(4(3)8)6(9)10/h1-2,6H. The van der Waals surface area contributed by atoms with E-state index in [-0.39, 0.29) is 10.0 Å². The topological polar surface area (TPSA) is 12.9 Å². The summed E-state index contributed by atoms with van der Waals surface area (Å²) in [4.78, 5) is 3.37. The number of halogens is 4. The first-order valence-corrected chi connectivity index (χ1v) is 3.46. The first-order valence-electron chi connectivity index (χ1n) is 2.71. The van der Waals surface area contributed by atoms with Crippen LogP contribution in [0, 0.1) is 0 Å². The third kappa shape index (κ3) is 1.79. The zero-order valence-electron chi connectivity index (χ0n) is 5.19. The SMILES string of the molecule is FC(F)c1nccc(Cl)c1Cl. The molecule has 60 valence electrons. The van der Waals surface area contributed by atoms with Crippen molar-refractivity contribution in [1.29, 1.82) is 0 Å². The van der Waals surface area contributed by atoms with E-state index in [1.807, 2.05) is 0 Å². The lowest BCUT2D eigenvalue weighted by Gasteiger charge is -2.01. The van der Waals surface area contributed by atoms with Crippen molar-refractivity contribution in [3.63, 3.8) is 0 Å². The lowest BCUT2D eigenvalue weighted by atomic mass is 10.3. The summed E-state index contributed by atoms with van der Waals surface area (Å²) in [5.74, 6) is 0. The fourth-order valence-electron chi connectivity index (χ4n) is 0.587. The molecular formula is C6H3Cl2F2N. The maximum absolute atomic E-state index is 12.0. The molecule has 11 heavy (non-hydrogen) atoms. The molecule has 1 heterocycles. The van der Waals surface area contributed by atoms with E-state index >= 15 is 0 Å². The minimum absolute atomic E-state index is 0.0944. The maximum atomic E-state index is 12.0. The molecule has 0 aliphatic carbocycles. The van der Waals surface area contributed by atoms with E-state index in [0.717, 1.165) is 0 Å². The van der Waals surface area contributed by atoms with Crippen LogP contribution in [0.1, 0.15) is 12.1 Å². The molecule has 0 aromatic carbocycles. The van der Waals surface area contributed by atoms with Gasteiger partial charge >= 0.3 is 0 Å². The quantitative estimate of drug-likeness (QED) is 0.674. The van der Waals surface area contributed by atoms with E-state index in [4.69, 9.17) is 23.2 Å². The fraction of sp³-hybridized carbons (Fsp3) is 0.167. The minimum Gasteiger partial charge on any atom is -0.254 e. The number of aromatic nitrogens is 1. The van der Waals surface area contributed by atoms with Gasteiger partial charge in [-0.3, -0.25) is 4.98 Å². The number of hydrogen-bond acceptors (Lipinski definition) is 1. The van der Waals surface area contributed by atoms with Crippen LogP contribution in [0.2, 0.25) is 10.0 Å². The first-order chi connectivity index (χ1) is 5.13. The number of nitrogens with zero attached hydrogens (tertiary/aromatic N) is 1. The van der Waals surface area contributed by atoms with Crippen LogP contribution in [0.5, 0.6) is 0 Å². The zero-order valence-corrected chi connectivity index (χ0v) is 6.70. The van der Waals surface area contributed by atoms with Crippen molar-refractivity contribution in [3.8, 4) is 0 Å². The molecule has 0 aliphatic heterocycles. The molecule has 0 spiro atoms. The fourth-order valence-corrected chi connectivity index (χ4v) is 0.935.